The first-order valence-corrected chi connectivity index (χ1v) is 17.0. The summed E-state index contributed by atoms with van der Waals surface area (Å²) >= 11 is 0. The molecule has 0 fully saturated rings. The number of hydrogen-bond donors (Lipinski definition) is 0. The Labute approximate surface area is 232 Å². The van der Waals surface area contributed by atoms with Crippen LogP contribution in [0.4, 0.5) is 11.4 Å². The molecule has 0 aliphatic rings. The summed E-state index contributed by atoms with van der Waals surface area (Å²) in [5, 5.41) is 4.63. The van der Waals surface area contributed by atoms with E-state index in [0.717, 1.165) is 64.4 Å². The minimum Gasteiger partial charge on any atom is -0.418 e. The Kier molecular flexibility index (Phi) is 8.10. The summed E-state index contributed by atoms with van der Waals surface area (Å²) < 4.78 is 6.14. The van der Waals surface area contributed by atoms with E-state index in [1.165, 1.54) is 10.8 Å². The fourth-order valence-corrected chi connectivity index (χ4v) is 5.41. The third kappa shape index (κ3) is 6.74. The summed E-state index contributed by atoms with van der Waals surface area (Å²) in [6.45, 7) is 9.42. The molecule has 0 unspecified atom stereocenters. The molecule has 1 heterocycles. The average Bonchev–Trinajstić information content (AvgIpc) is 2.94. The van der Waals surface area contributed by atoms with Crippen LogP contribution in [0.3, 0.4) is 0 Å². The number of aliphatic imine (C=N–C) groups is 2. The highest BCUT2D eigenvalue weighted by atomic mass is 28.4. The van der Waals surface area contributed by atoms with Gasteiger partial charge < -0.3 is 4.43 Å². The molecule has 0 aliphatic carbocycles. The zero-order valence-corrected chi connectivity index (χ0v) is 24.2. The Bertz CT molecular complexity index is 1660. The van der Waals surface area contributed by atoms with Gasteiger partial charge in [-0.05, 0) is 74.4 Å². The van der Waals surface area contributed by atoms with Gasteiger partial charge >= 0.3 is 0 Å². The molecule has 5 heteroatoms. The van der Waals surface area contributed by atoms with E-state index in [4.69, 9.17) is 19.4 Å². The van der Waals surface area contributed by atoms with Gasteiger partial charge in [0.25, 0.3) is 0 Å². The zero-order chi connectivity index (χ0) is 27.2. The van der Waals surface area contributed by atoms with Gasteiger partial charge in [-0.3, -0.25) is 9.98 Å². The largest absolute Gasteiger partial charge is 0.418 e. The van der Waals surface area contributed by atoms with Crippen LogP contribution >= 0.6 is 0 Å². The van der Waals surface area contributed by atoms with Crippen LogP contribution in [0.5, 0.6) is 0 Å². The zero-order valence-electron chi connectivity index (χ0n) is 23.2. The van der Waals surface area contributed by atoms with Gasteiger partial charge in [0.05, 0.1) is 34.2 Å². The Morgan fingerprint density at radius 3 is 1.85 bits per heavy atom. The van der Waals surface area contributed by atoms with Crippen LogP contribution in [0.1, 0.15) is 31.2 Å². The molecule has 0 radical (unpaired) electrons. The summed E-state index contributed by atoms with van der Waals surface area (Å²) in [6, 6.07) is 35.4. The van der Waals surface area contributed by atoms with E-state index < -0.39 is 8.32 Å². The van der Waals surface area contributed by atoms with Gasteiger partial charge in [0.2, 0.25) is 0 Å². The Balaban J connectivity index is 1.51. The van der Waals surface area contributed by atoms with Crippen LogP contribution in [-0.4, -0.2) is 31.3 Å². The number of pyridine rings is 1. The second-order valence-electron chi connectivity index (χ2n) is 10.7. The lowest BCUT2D eigenvalue weighted by Gasteiger charge is -2.17. The first kappa shape index (κ1) is 26.7. The third-order valence-electron chi connectivity index (χ3n) is 6.59. The molecule has 39 heavy (non-hydrogen) atoms. The highest BCUT2D eigenvalue weighted by Gasteiger charge is 2.15. The normalized spacial score (nSPS) is 12.8. The van der Waals surface area contributed by atoms with Crippen LogP contribution in [0.2, 0.25) is 19.6 Å². The van der Waals surface area contributed by atoms with E-state index in [0.29, 0.717) is 0 Å². The molecule has 0 amide bonds. The molecule has 4 aromatic carbocycles. The number of rotatable bonds is 9. The summed E-state index contributed by atoms with van der Waals surface area (Å²) in [5.74, 6) is 0. The highest BCUT2D eigenvalue weighted by Crippen LogP contribution is 2.28. The van der Waals surface area contributed by atoms with E-state index in [9.17, 15) is 0 Å². The molecule has 5 rings (SSSR count). The van der Waals surface area contributed by atoms with Crippen LogP contribution < -0.4 is 0 Å². The molecule has 196 valence electrons. The lowest BCUT2D eigenvalue weighted by Crippen LogP contribution is -2.26. The van der Waals surface area contributed by atoms with Gasteiger partial charge in [0.1, 0.15) is 0 Å². The average molecular weight is 530 g/mol. The van der Waals surface area contributed by atoms with Crippen molar-refractivity contribution in [3.05, 3.63) is 115 Å². The van der Waals surface area contributed by atoms with Gasteiger partial charge in [-0.15, -0.1) is 0 Å². The molecule has 1 aromatic heterocycles. The van der Waals surface area contributed by atoms with E-state index in [-0.39, 0.29) is 0 Å². The molecular formula is C34H35N3OSi. The smallest absolute Gasteiger partial charge is 0.183 e. The summed E-state index contributed by atoms with van der Waals surface area (Å²) in [6.07, 6.45) is 1.67. The maximum Gasteiger partial charge on any atom is 0.183 e. The predicted molar refractivity (Wildman–Crippen MR) is 169 cm³/mol. The molecule has 0 atom stereocenters. The number of fused-ring (bicyclic) bond motifs is 2. The van der Waals surface area contributed by atoms with Crippen LogP contribution in [-0.2, 0) is 4.43 Å². The summed E-state index contributed by atoms with van der Waals surface area (Å²) in [4.78, 5) is 15.2. The Hall–Kier alpha value is -3.93. The highest BCUT2D eigenvalue weighted by molar-refractivity contribution is 6.69. The van der Waals surface area contributed by atoms with Crippen LogP contribution in [0.25, 0.3) is 21.5 Å². The lowest BCUT2D eigenvalue weighted by atomic mass is 10.1. The minimum absolute atomic E-state index is 0.728. The monoisotopic (exact) mass is 529 g/mol. The van der Waals surface area contributed by atoms with Crippen molar-refractivity contribution >= 4 is 52.7 Å². The van der Waals surface area contributed by atoms with Crippen LogP contribution in [0, 0.1) is 0 Å². The van der Waals surface area contributed by atoms with Gasteiger partial charge in [-0.1, -0.05) is 78.9 Å². The number of aromatic nitrogens is 1. The Morgan fingerprint density at radius 2 is 1.21 bits per heavy atom. The fraction of sp³-hybridized carbons (Fsp3) is 0.206. The second-order valence-corrected chi connectivity index (χ2v) is 15.2. The standard InChI is InChI=1S/C34H35N3OSi/c1-25(35-31-20-9-15-26-13-5-7-17-28(26)31)30-19-11-22-33(36-30)34(23-12-24-38-39(2,3)4)37-32-21-10-16-27-14-6-8-18-29(27)32/h5-11,13-22H,12,23-24H2,1-4H3. The van der Waals surface area contributed by atoms with Crippen molar-refractivity contribution in [2.45, 2.75) is 39.4 Å². The SMILES string of the molecule is CC(=Nc1cccc2ccccc12)c1cccc(C(CCCO[Si](C)(C)C)=Nc2cccc3ccccc23)n1. The number of nitrogens with zero attached hydrogens (tertiary/aromatic N) is 3. The lowest BCUT2D eigenvalue weighted by molar-refractivity contribution is 0.307. The fourth-order valence-electron chi connectivity index (χ4n) is 4.65. The molecule has 0 bridgehead atoms. The number of benzene rings is 4. The topological polar surface area (TPSA) is 46.8 Å². The van der Waals surface area contributed by atoms with E-state index in [2.05, 4.69) is 117 Å². The molecule has 5 aromatic rings. The molecule has 0 N–H and O–H groups in total. The van der Waals surface area contributed by atoms with E-state index >= 15 is 0 Å². The first-order chi connectivity index (χ1) is 18.9. The molecular weight excluding hydrogens is 494 g/mol. The first-order valence-electron chi connectivity index (χ1n) is 13.6. The van der Waals surface area contributed by atoms with Crippen molar-refractivity contribution in [2.24, 2.45) is 9.98 Å². The van der Waals surface area contributed by atoms with Crippen molar-refractivity contribution in [1.82, 2.24) is 4.98 Å². The van der Waals surface area contributed by atoms with Gasteiger partial charge in [0.15, 0.2) is 8.32 Å². The molecule has 0 saturated carbocycles. The third-order valence-corrected chi connectivity index (χ3v) is 7.66. The summed E-state index contributed by atoms with van der Waals surface area (Å²) in [5.41, 5.74) is 5.48. The maximum atomic E-state index is 6.14. The number of hydrogen-bond acceptors (Lipinski definition) is 4. The van der Waals surface area contributed by atoms with Gasteiger partial charge in [-0.2, -0.15) is 0 Å². The van der Waals surface area contributed by atoms with Gasteiger partial charge in [0, 0.05) is 17.4 Å². The van der Waals surface area contributed by atoms with Crippen molar-refractivity contribution in [3.63, 3.8) is 0 Å². The predicted octanol–water partition coefficient (Wildman–Crippen LogP) is 9.28. The molecule has 0 aliphatic heterocycles. The minimum atomic E-state index is -1.57. The van der Waals surface area contributed by atoms with Gasteiger partial charge in [-0.25, -0.2) is 4.98 Å². The van der Waals surface area contributed by atoms with Crippen LogP contribution in [0.15, 0.2) is 113 Å². The van der Waals surface area contributed by atoms with Crippen molar-refractivity contribution in [1.29, 1.82) is 0 Å². The van der Waals surface area contributed by atoms with Crippen molar-refractivity contribution in [3.8, 4) is 0 Å². The van der Waals surface area contributed by atoms with Crippen molar-refractivity contribution < 1.29 is 4.43 Å². The van der Waals surface area contributed by atoms with E-state index in [1.54, 1.807) is 0 Å². The van der Waals surface area contributed by atoms with Crippen molar-refractivity contribution in [2.75, 3.05) is 6.61 Å². The molecule has 0 saturated heterocycles. The molecule has 0 spiro atoms. The molecule has 4 nitrogen and oxygen atoms in total. The Morgan fingerprint density at radius 1 is 0.667 bits per heavy atom. The summed E-state index contributed by atoms with van der Waals surface area (Å²) in [7, 11) is -1.57. The quantitative estimate of drug-likeness (QED) is 0.108. The van der Waals surface area contributed by atoms with E-state index in [1.807, 2.05) is 13.0 Å². The maximum absolute atomic E-state index is 6.14. The second kappa shape index (κ2) is 11.8.